The van der Waals surface area contributed by atoms with Gasteiger partial charge in [-0.3, -0.25) is 0 Å². The fourth-order valence-electron chi connectivity index (χ4n) is 6.22. The van der Waals surface area contributed by atoms with Crippen LogP contribution in [0.3, 0.4) is 0 Å². The Hall–Kier alpha value is -5.34. The van der Waals surface area contributed by atoms with E-state index in [1.807, 2.05) is 24.3 Å². The Morgan fingerprint density at radius 3 is 0.980 bits per heavy atom. The maximum Gasteiger partial charge on any atom is 0.0463 e. The summed E-state index contributed by atoms with van der Waals surface area (Å²) < 4.78 is 0. The van der Waals surface area contributed by atoms with Crippen LogP contribution < -0.4 is 9.80 Å². The van der Waals surface area contributed by atoms with E-state index in [9.17, 15) is 0 Å². The summed E-state index contributed by atoms with van der Waals surface area (Å²) in [4.78, 5) is 4.70. The van der Waals surface area contributed by atoms with Crippen LogP contribution in [0.15, 0.2) is 171 Å². The van der Waals surface area contributed by atoms with E-state index in [0.717, 1.165) is 59.8 Å². The van der Waals surface area contributed by atoms with Crippen molar-refractivity contribution in [3.63, 3.8) is 0 Å². The minimum atomic E-state index is 1.09. The molecule has 2 heteroatoms. The third-order valence-electron chi connectivity index (χ3n) is 9.06. The summed E-state index contributed by atoms with van der Waals surface area (Å²) in [5.41, 5.74) is 12.1. The van der Waals surface area contributed by atoms with Gasteiger partial charge in [0.25, 0.3) is 0 Å². The van der Waals surface area contributed by atoms with E-state index in [1.54, 1.807) is 0 Å². The summed E-state index contributed by atoms with van der Waals surface area (Å²) in [6.45, 7) is 11.8. The number of unbranched alkanes of at least 4 members (excludes halogenated alkanes) is 4. The van der Waals surface area contributed by atoms with E-state index in [0.29, 0.717) is 0 Å². The van der Waals surface area contributed by atoms with Crippen molar-refractivity contribution in [3.8, 4) is 0 Å². The molecule has 0 amide bonds. The molecule has 0 bridgehead atoms. The number of nitrogens with zero attached hydrogens (tertiary/aromatic N) is 2. The second kappa shape index (κ2) is 19.0. The highest BCUT2D eigenvalue weighted by molar-refractivity contribution is 5.81. The van der Waals surface area contributed by atoms with Crippen molar-refractivity contribution >= 4 is 34.1 Å². The molecule has 0 aliphatic heterocycles. The molecule has 0 aliphatic rings. The molecule has 5 rings (SSSR count). The molecule has 254 valence electrons. The van der Waals surface area contributed by atoms with Gasteiger partial charge in [0.1, 0.15) is 0 Å². The van der Waals surface area contributed by atoms with Crippen LogP contribution in [0.1, 0.15) is 60.8 Å². The smallest absolute Gasteiger partial charge is 0.0463 e. The Labute approximate surface area is 301 Å². The predicted molar refractivity (Wildman–Crippen MR) is 219 cm³/mol. The molecule has 0 saturated carbocycles. The van der Waals surface area contributed by atoms with Crippen LogP contribution in [-0.4, -0.2) is 0 Å². The minimum Gasteiger partial charge on any atom is -0.311 e. The van der Waals surface area contributed by atoms with E-state index in [2.05, 4.69) is 170 Å². The zero-order chi connectivity index (χ0) is 35.0. The Kier molecular flexibility index (Phi) is 13.7. The standard InChI is InChI=1S/C48H52N2/c1-5-7-9-11-13-15-17-41-23-31-45(32-24-41)49(43-27-19-39(3)20-28-43)47-35-37-48(38-36-47)50(44-29-21-40(4)22-30-44)46-33-25-42(26-34-46)18-16-14-12-10-8-6-2/h5-10,19-38H,1-2,11-18H2,3-4H3/b9-7+,10-8+. The summed E-state index contributed by atoms with van der Waals surface area (Å²) >= 11 is 0. The highest BCUT2D eigenvalue weighted by atomic mass is 15.2. The fraction of sp³-hybridized carbons (Fsp3) is 0.208. The van der Waals surface area contributed by atoms with Crippen molar-refractivity contribution in [3.05, 3.63) is 193 Å². The van der Waals surface area contributed by atoms with Gasteiger partial charge >= 0.3 is 0 Å². The van der Waals surface area contributed by atoms with Gasteiger partial charge in [-0.1, -0.05) is 109 Å². The Morgan fingerprint density at radius 1 is 0.400 bits per heavy atom. The summed E-state index contributed by atoms with van der Waals surface area (Å²) in [6.07, 6.45) is 21.3. The first-order valence-corrected chi connectivity index (χ1v) is 18.1. The van der Waals surface area contributed by atoms with Crippen molar-refractivity contribution < 1.29 is 0 Å². The molecule has 0 aromatic heterocycles. The largest absolute Gasteiger partial charge is 0.311 e. The zero-order valence-corrected chi connectivity index (χ0v) is 30.0. The van der Waals surface area contributed by atoms with E-state index >= 15 is 0 Å². The molecule has 0 N–H and O–H groups in total. The molecule has 5 aromatic carbocycles. The Balaban J connectivity index is 1.39. The van der Waals surface area contributed by atoms with Gasteiger partial charge in [0, 0.05) is 34.1 Å². The molecule has 50 heavy (non-hydrogen) atoms. The maximum absolute atomic E-state index is 3.76. The first-order valence-electron chi connectivity index (χ1n) is 18.1. The zero-order valence-electron chi connectivity index (χ0n) is 30.0. The van der Waals surface area contributed by atoms with Crippen LogP contribution in [0.25, 0.3) is 0 Å². The van der Waals surface area contributed by atoms with Crippen molar-refractivity contribution in [1.82, 2.24) is 0 Å². The van der Waals surface area contributed by atoms with Gasteiger partial charge in [0.2, 0.25) is 0 Å². The number of benzene rings is 5. The van der Waals surface area contributed by atoms with Crippen LogP contribution in [0.4, 0.5) is 34.1 Å². The van der Waals surface area contributed by atoms with Crippen LogP contribution in [0.5, 0.6) is 0 Å². The molecule has 0 fully saturated rings. The molecule has 0 heterocycles. The molecule has 0 atom stereocenters. The second-order valence-electron chi connectivity index (χ2n) is 13.0. The highest BCUT2D eigenvalue weighted by Crippen LogP contribution is 2.39. The molecular formula is C48H52N2. The van der Waals surface area contributed by atoms with E-state index in [1.165, 1.54) is 47.9 Å². The quantitative estimate of drug-likeness (QED) is 0.0684. The number of aryl methyl sites for hydroxylation is 4. The fourth-order valence-corrected chi connectivity index (χ4v) is 6.22. The number of hydrogen-bond acceptors (Lipinski definition) is 2. The molecule has 0 saturated heterocycles. The molecule has 2 nitrogen and oxygen atoms in total. The highest BCUT2D eigenvalue weighted by Gasteiger charge is 2.16. The van der Waals surface area contributed by atoms with Gasteiger partial charge < -0.3 is 9.80 Å². The van der Waals surface area contributed by atoms with Crippen LogP contribution in [0, 0.1) is 13.8 Å². The molecule has 0 aliphatic carbocycles. The van der Waals surface area contributed by atoms with E-state index < -0.39 is 0 Å². The van der Waals surface area contributed by atoms with Crippen LogP contribution >= 0.6 is 0 Å². The lowest BCUT2D eigenvalue weighted by molar-refractivity contribution is 0.747. The third-order valence-corrected chi connectivity index (χ3v) is 9.06. The number of anilines is 6. The Morgan fingerprint density at radius 2 is 0.680 bits per heavy atom. The number of rotatable bonds is 18. The van der Waals surface area contributed by atoms with Crippen molar-refractivity contribution in [2.45, 2.75) is 65.2 Å². The normalized spacial score (nSPS) is 11.2. The van der Waals surface area contributed by atoms with Crippen molar-refractivity contribution in [2.24, 2.45) is 0 Å². The average Bonchev–Trinajstić information content (AvgIpc) is 3.15. The average molecular weight is 657 g/mol. The minimum absolute atomic E-state index is 1.09. The summed E-state index contributed by atoms with van der Waals surface area (Å²) in [5.74, 6) is 0. The van der Waals surface area contributed by atoms with Crippen molar-refractivity contribution in [2.75, 3.05) is 9.80 Å². The number of allylic oxidation sites excluding steroid dienone is 6. The van der Waals surface area contributed by atoms with Gasteiger partial charge in [-0.25, -0.2) is 0 Å². The summed E-state index contributed by atoms with van der Waals surface area (Å²) in [5, 5.41) is 0. The Bertz CT molecular complexity index is 1670. The predicted octanol–water partition coefficient (Wildman–Crippen LogP) is 14.2. The second-order valence-corrected chi connectivity index (χ2v) is 13.0. The molecule has 0 unspecified atom stereocenters. The van der Waals surface area contributed by atoms with Gasteiger partial charge in [-0.2, -0.15) is 0 Å². The van der Waals surface area contributed by atoms with Gasteiger partial charge in [0.15, 0.2) is 0 Å². The van der Waals surface area contributed by atoms with Gasteiger partial charge in [-0.15, -0.1) is 0 Å². The third kappa shape index (κ3) is 10.3. The lowest BCUT2D eigenvalue weighted by Crippen LogP contribution is -2.12. The molecule has 0 radical (unpaired) electrons. The first-order chi connectivity index (χ1) is 24.6. The number of hydrogen-bond donors (Lipinski definition) is 0. The lowest BCUT2D eigenvalue weighted by atomic mass is 10.1. The van der Waals surface area contributed by atoms with Gasteiger partial charge in [0.05, 0.1) is 0 Å². The van der Waals surface area contributed by atoms with Crippen LogP contribution in [-0.2, 0) is 12.8 Å². The molecule has 5 aromatic rings. The summed E-state index contributed by atoms with van der Waals surface area (Å²) in [7, 11) is 0. The molecular weight excluding hydrogens is 605 g/mol. The lowest BCUT2D eigenvalue weighted by Gasteiger charge is -2.28. The first kappa shape index (κ1) is 36.0. The monoisotopic (exact) mass is 656 g/mol. The van der Waals surface area contributed by atoms with E-state index in [-0.39, 0.29) is 0 Å². The van der Waals surface area contributed by atoms with Crippen LogP contribution in [0.2, 0.25) is 0 Å². The maximum atomic E-state index is 3.76. The SMILES string of the molecule is C=C/C=C/CCCCc1ccc(N(c2ccc(C)cc2)c2ccc(N(c3ccc(C)cc3)c3ccc(CCCC/C=C/C=C)cc3)cc2)cc1. The van der Waals surface area contributed by atoms with Crippen molar-refractivity contribution in [1.29, 1.82) is 0 Å². The van der Waals surface area contributed by atoms with Gasteiger partial charge in [-0.05, 0) is 149 Å². The van der Waals surface area contributed by atoms with E-state index in [4.69, 9.17) is 0 Å². The molecule has 0 spiro atoms. The topological polar surface area (TPSA) is 6.48 Å². The summed E-state index contributed by atoms with van der Waals surface area (Å²) in [6, 6.07) is 44.8.